The monoisotopic (exact) mass is 405 g/mol. The Morgan fingerprint density at radius 1 is 1.13 bits per heavy atom. The minimum absolute atomic E-state index is 0.249. The average Bonchev–Trinajstić information content (AvgIpc) is 2.77. The first kappa shape index (κ1) is 19.6. The number of hydrogen-bond donors (Lipinski definition) is 1. The Kier molecular flexibility index (Phi) is 5.48. The van der Waals surface area contributed by atoms with Gasteiger partial charge in [-0.15, -0.1) is 0 Å². The zero-order chi connectivity index (χ0) is 21.1. The minimum atomic E-state index is -0.516. The molecular formula is C24H20FNO4. The molecule has 4 rings (SSSR count). The van der Waals surface area contributed by atoms with Gasteiger partial charge in [0.25, 0.3) is 5.91 Å². The number of nitrogens with one attached hydrogen (secondary N) is 1. The van der Waals surface area contributed by atoms with E-state index in [1.165, 1.54) is 12.1 Å². The van der Waals surface area contributed by atoms with E-state index in [1.54, 1.807) is 37.4 Å². The molecule has 3 aromatic carbocycles. The third-order valence-electron chi connectivity index (χ3n) is 5.12. The van der Waals surface area contributed by atoms with Crippen molar-refractivity contribution in [2.45, 2.75) is 19.1 Å². The van der Waals surface area contributed by atoms with E-state index < -0.39 is 12.1 Å². The van der Waals surface area contributed by atoms with Crippen molar-refractivity contribution < 1.29 is 23.5 Å². The maximum Gasteiger partial charge on any atom is 0.339 e. The predicted molar refractivity (Wildman–Crippen MR) is 109 cm³/mol. The number of carbonyl (C=O) groups excluding carboxylic acids is 2. The highest BCUT2D eigenvalue weighted by molar-refractivity contribution is 5.97. The number of fused-ring (bicyclic) bond motifs is 1. The smallest absolute Gasteiger partial charge is 0.339 e. The van der Waals surface area contributed by atoms with Crippen LogP contribution in [0.3, 0.4) is 0 Å². The van der Waals surface area contributed by atoms with Crippen LogP contribution in [0.15, 0.2) is 66.7 Å². The fourth-order valence-corrected chi connectivity index (χ4v) is 3.53. The van der Waals surface area contributed by atoms with E-state index in [0.717, 1.165) is 11.1 Å². The van der Waals surface area contributed by atoms with Gasteiger partial charge in [-0.3, -0.25) is 4.79 Å². The van der Waals surface area contributed by atoms with E-state index >= 15 is 0 Å². The predicted octanol–water partition coefficient (Wildman–Crippen LogP) is 4.22. The van der Waals surface area contributed by atoms with E-state index in [-0.39, 0.29) is 11.7 Å². The summed E-state index contributed by atoms with van der Waals surface area (Å²) in [4.78, 5) is 25.1. The van der Waals surface area contributed by atoms with Crippen molar-refractivity contribution >= 4 is 11.9 Å². The SMILES string of the molecule is COc1ccccc1CNC(=O)c1ccc2c(c1)C[C@H](c1ccc(F)cc1)OC2=O. The number of para-hydroxylation sites is 1. The van der Waals surface area contributed by atoms with Crippen molar-refractivity contribution in [2.75, 3.05) is 7.11 Å². The molecule has 1 aliphatic heterocycles. The van der Waals surface area contributed by atoms with Crippen molar-refractivity contribution in [1.82, 2.24) is 5.32 Å². The average molecular weight is 405 g/mol. The van der Waals surface area contributed by atoms with Gasteiger partial charge < -0.3 is 14.8 Å². The lowest BCUT2D eigenvalue weighted by molar-refractivity contribution is 0.0252. The van der Waals surface area contributed by atoms with Crippen LogP contribution >= 0.6 is 0 Å². The van der Waals surface area contributed by atoms with Gasteiger partial charge in [0.15, 0.2) is 0 Å². The largest absolute Gasteiger partial charge is 0.496 e. The van der Waals surface area contributed by atoms with E-state index in [1.807, 2.05) is 24.3 Å². The summed E-state index contributed by atoms with van der Waals surface area (Å²) in [5.41, 5.74) is 3.20. The zero-order valence-corrected chi connectivity index (χ0v) is 16.4. The Balaban J connectivity index is 1.51. The van der Waals surface area contributed by atoms with Gasteiger partial charge in [-0.05, 0) is 47.5 Å². The van der Waals surface area contributed by atoms with Crippen molar-refractivity contribution in [3.8, 4) is 5.75 Å². The van der Waals surface area contributed by atoms with E-state index in [0.29, 0.717) is 35.4 Å². The van der Waals surface area contributed by atoms with Crippen molar-refractivity contribution in [2.24, 2.45) is 0 Å². The Morgan fingerprint density at radius 3 is 2.67 bits per heavy atom. The van der Waals surface area contributed by atoms with Gasteiger partial charge in [-0.2, -0.15) is 0 Å². The number of cyclic esters (lactones) is 1. The first-order valence-corrected chi connectivity index (χ1v) is 9.54. The highest BCUT2D eigenvalue weighted by atomic mass is 19.1. The second-order valence-corrected chi connectivity index (χ2v) is 7.02. The van der Waals surface area contributed by atoms with Crippen molar-refractivity contribution in [1.29, 1.82) is 0 Å². The highest BCUT2D eigenvalue weighted by Gasteiger charge is 2.28. The van der Waals surface area contributed by atoms with Crippen LogP contribution in [0.2, 0.25) is 0 Å². The van der Waals surface area contributed by atoms with E-state index in [9.17, 15) is 14.0 Å². The van der Waals surface area contributed by atoms with Gasteiger partial charge in [0.1, 0.15) is 17.7 Å². The number of rotatable bonds is 5. The van der Waals surface area contributed by atoms with Gasteiger partial charge in [0.05, 0.1) is 12.7 Å². The standard InChI is InChI=1S/C24H20FNO4/c1-29-21-5-3-2-4-17(21)14-26-23(27)16-8-11-20-18(12-16)13-22(30-24(20)28)15-6-9-19(25)10-7-15/h2-12,22H,13-14H2,1H3,(H,26,27)/t22-/m1/s1. The summed E-state index contributed by atoms with van der Waals surface area (Å²) in [5, 5.41) is 2.88. The Morgan fingerprint density at radius 2 is 1.90 bits per heavy atom. The van der Waals surface area contributed by atoms with Crippen molar-refractivity contribution in [3.05, 3.63) is 100 Å². The molecule has 0 fully saturated rings. The molecule has 1 heterocycles. The molecule has 0 saturated carbocycles. The van der Waals surface area contributed by atoms with Crippen LogP contribution in [0.1, 0.15) is 43.5 Å². The summed E-state index contributed by atoms with van der Waals surface area (Å²) in [6.07, 6.45) is -0.0992. The molecule has 6 heteroatoms. The van der Waals surface area contributed by atoms with Crippen LogP contribution in [0.5, 0.6) is 5.75 Å². The van der Waals surface area contributed by atoms with Gasteiger partial charge >= 0.3 is 5.97 Å². The third kappa shape index (κ3) is 4.03. The van der Waals surface area contributed by atoms with Gasteiger partial charge in [0.2, 0.25) is 0 Å². The molecule has 3 aromatic rings. The van der Waals surface area contributed by atoms with E-state index in [2.05, 4.69) is 5.32 Å². The molecule has 1 N–H and O–H groups in total. The molecule has 0 aliphatic carbocycles. The van der Waals surface area contributed by atoms with Gasteiger partial charge in [-0.25, -0.2) is 9.18 Å². The Labute approximate surface area is 173 Å². The fourth-order valence-electron chi connectivity index (χ4n) is 3.53. The number of carbonyl (C=O) groups is 2. The molecule has 1 aliphatic rings. The lowest BCUT2D eigenvalue weighted by atomic mass is 9.93. The van der Waals surface area contributed by atoms with E-state index in [4.69, 9.17) is 9.47 Å². The first-order chi connectivity index (χ1) is 14.5. The number of ether oxygens (including phenoxy) is 2. The third-order valence-corrected chi connectivity index (χ3v) is 5.12. The molecule has 0 saturated heterocycles. The maximum atomic E-state index is 13.2. The fraction of sp³-hybridized carbons (Fsp3) is 0.167. The normalized spacial score (nSPS) is 15.1. The lowest BCUT2D eigenvalue weighted by Gasteiger charge is -2.25. The van der Waals surface area contributed by atoms with Crippen LogP contribution in [0.4, 0.5) is 4.39 Å². The quantitative estimate of drug-likeness (QED) is 0.646. The topological polar surface area (TPSA) is 64.6 Å². The van der Waals surface area contributed by atoms with Crippen LogP contribution in [-0.2, 0) is 17.7 Å². The molecule has 1 amide bonds. The number of hydrogen-bond acceptors (Lipinski definition) is 4. The van der Waals surface area contributed by atoms with Crippen LogP contribution in [0.25, 0.3) is 0 Å². The number of esters is 1. The molecular weight excluding hydrogens is 385 g/mol. The molecule has 0 unspecified atom stereocenters. The summed E-state index contributed by atoms with van der Waals surface area (Å²) in [7, 11) is 1.58. The van der Waals surface area contributed by atoms with Gasteiger partial charge in [0, 0.05) is 24.1 Å². The second-order valence-electron chi connectivity index (χ2n) is 7.02. The first-order valence-electron chi connectivity index (χ1n) is 9.54. The number of halogens is 1. The molecule has 1 atom stereocenters. The van der Waals surface area contributed by atoms with Crippen LogP contribution < -0.4 is 10.1 Å². The summed E-state index contributed by atoms with van der Waals surface area (Å²) in [6, 6.07) is 18.3. The molecule has 152 valence electrons. The van der Waals surface area contributed by atoms with Crippen LogP contribution in [-0.4, -0.2) is 19.0 Å². The van der Waals surface area contributed by atoms with Gasteiger partial charge in [-0.1, -0.05) is 30.3 Å². The lowest BCUT2D eigenvalue weighted by Crippen LogP contribution is -2.25. The molecule has 0 radical (unpaired) electrons. The second kappa shape index (κ2) is 8.37. The molecule has 0 spiro atoms. The summed E-state index contributed by atoms with van der Waals surface area (Å²) in [6.45, 7) is 0.320. The number of amides is 1. The molecule has 30 heavy (non-hydrogen) atoms. The summed E-state index contributed by atoms with van der Waals surface area (Å²) < 4.78 is 24.0. The molecule has 0 bridgehead atoms. The summed E-state index contributed by atoms with van der Waals surface area (Å²) >= 11 is 0. The molecule has 0 aromatic heterocycles. The Bertz CT molecular complexity index is 1090. The highest BCUT2D eigenvalue weighted by Crippen LogP contribution is 2.31. The maximum absolute atomic E-state index is 13.2. The van der Waals surface area contributed by atoms with Crippen LogP contribution in [0, 0.1) is 5.82 Å². The summed E-state index contributed by atoms with van der Waals surface area (Å²) in [5.74, 6) is -0.351. The van der Waals surface area contributed by atoms with Crippen molar-refractivity contribution in [3.63, 3.8) is 0 Å². The minimum Gasteiger partial charge on any atom is -0.496 e. The number of methoxy groups -OCH3 is 1. The zero-order valence-electron chi connectivity index (χ0n) is 16.4. The molecule has 5 nitrogen and oxygen atoms in total. The number of benzene rings is 3. The Hall–Kier alpha value is -3.67.